The Bertz CT molecular complexity index is 765. The van der Waals surface area contributed by atoms with Crippen molar-refractivity contribution in [2.24, 2.45) is 0 Å². The molecule has 112 valence electrons. The largest absolute Gasteiger partial charge is 0.496 e. The van der Waals surface area contributed by atoms with Crippen LogP contribution in [0, 0.1) is 0 Å². The zero-order valence-electron chi connectivity index (χ0n) is 12.0. The van der Waals surface area contributed by atoms with Crippen LogP contribution in [0.1, 0.15) is 6.92 Å². The summed E-state index contributed by atoms with van der Waals surface area (Å²) < 4.78 is 29.1. The third-order valence-corrected chi connectivity index (χ3v) is 6.00. The zero-order valence-corrected chi connectivity index (χ0v) is 12.8. The van der Waals surface area contributed by atoms with Crippen LogP contribution in [0.4, 0.5) is 5.82 Å². The van der Waals surface area contributed by atoms with E-state index in [1.54, 1.807) is 14.0 Å². The zero-order chi connectivity index (χ0) is 15.0. The molecule has 7 heteroatoms. The molecule has 1 aromatic heterocycles. The maximum atomic E-state index is 11.9. The molecule has 1 aromatic carbocycles. The van der Waals surface area contributed by atoms with Gasteiger partial charge in [0.25, 0.3) is 0 Å². The fourth-order valence-corrected chi connectivity index (χ4v) is 3.83. The number of methoxy groups -OCH3 is 1. The van der Waals surface area contributed by atoms with Crippen molar-refractivity contribution in [3.8, 4) is 5.75 Å². The molecule has 0 unspecified atom stereocenters. The Balaban J connectivity index is 1.97. The van der Waals surface area contributed by atoms with Gasteiger partial charge in [-0.1, -0.05) is 13.0 Å². The molecule has 3 rings (SSSR count). The predicted molar refractivity (Wildman–Crippen MR) is 81.6 cm³/mol. The molecular weight excluding hydrogens is 290 g/mol. The molecule has 0 saturated carbocycles. The van der Waals surface area contributed by atoms with E-state index >= 15 is 0 Å². The fourth-order valence-electron chi connectivity index (χ4n) is 2.55. The number of fused-ring (bicyclic) bond motifs is 1. The lowest BCUT2D eigenvalue weighted by molar-refractivity contribution is 0.419. The van der Waals surface area contributed by atoms with Gasteiger partial charge in [-0.3, -0.25) is 0 Å². The molecule has 0 aliphatic carbocycles. The van der Waals surface area contributed by atoms with Gasteiger partial charge in [-0.2, -0.15) is 0 Å². The van der Waals surface area contributed by atoms with E-state index in [1.165, 1.54) is 6.33 Å². The van der Waals surface area contributed by atoms with Crippen LogP contribution in [-0.2, 0) is 9.84 Å². The highest BCUT2D eigenvalue weighted by Crippen LogP contribution is 2.34. The van der Waals surface area contributed by atoms with E-state index in [0.717, 1.165) is 16.7 Å². The SMILES string of the molecule is CCS(=O)(=O)C1CN(c2ncnc3cccc(OC)c23)C1. The van der Waals surface area contributed by atoms with E-state index in [-0.39, 0.29) is 11.0 Å². The summed E-state index contributed by atoms with van der Waals surface area (Å²) in [7, 11) is -1.38. The number of nitrogens with zero attached hydrogens (tertiary/aromatic N) is 3. The second-order valence-electron chi connectivity index (χ2n) is 5.03. The Morgan fingerprint density at radius 2 is 2.10 bits per heavy atom. The Morgan fingerprint density at radius 3 is 2.76 bits per heavy atom. The first-order valence-corrected chi connectivity index (χ1v) is 8.52. The maximum Gasteiger partial charge on any atom is 0.156 e. The van der Waals surface area contributed by atoms with Crippen LogP contribution in [0.5, 0.6) is 5.75 Å². The van der Waals surface area contributed by atoms with E-state index in [1.807, 2.05) is 23.1 Å². The van der Waals surface area contributed by atoms with Crippen LogP contribution in [0.15, 0.2) is 24.5 Å². The fraction of sp³-hybridized carbons (Fsp3) is 0.429. The minimum Gasteiger partial charge on any atom is -0.496 e. The van der Waals surface area contributed by atoms with Gasteiger partial charge < -0.3 is 9.64 Å². The van der Waals surface area contributed by atoms with Crippen molar-refractivity contribution in [2.45, 2.75) is 12.2 Å². The highest BCUT2D eigenvalue weighted by molar-refractivity contribution is 7.92. The molecule has 1 fully saturated rings. The first-order valence-electron chi connectivity index (χ1n) is 6.81. The molecule has 0 bridgehead atoms. The van der Waals surface area contributed by atoms with Crippen LogP contribution < -0.4 is 9.64 Å². The van der Waals surface area contributed by atoms with E-state index in [9.17, 15) is 8.42 Å². The first-order chi connectivity index (χ1) is 10.1. The molecule has 0 atom stereocenters. The Hall–Kier alpha value is -1.89. The van der Waals surface area contributed by atoms with Crippen molar-refractivity contribution in [1.82, 2.24) is 9.97 Å². The number of benzene rings is 1. The van der Waals surface area contributed by atoms with Crippen LogP contribution in [0.3, 0.4) is 0 Å². The van der Waals surface area contributed by atoms with Gasteiger partial charge >= 0.3 is 0 Å². The van der Waals surface area contributed by atoms with Crippen LogP contribution in [0.25, 0.3) is 10.9 Å². The molecule has 2 heterocycles. The van der Waals surface area contributed by atoms with Crippen LogP contribution >= 0.6 is 0 Å². The summed E-state index contributed by atoms with van der Waals surface area (Å²) in [4.78, 5) is 10.5. The van der Waals surface area contributed by atoms with Gasteiger partial charge in [-0.25, -0.2) is 18.4 Å². The summed E-state index contributed by atoms with van der Waals surface area (Å²) in [6, 6.07) is 5.62. The van der Waals surface area contributed by atoms with Gasteiger partial charge in [0.1, 0.15) is 17.9 Å². The van der Waals surface area contributed by atoms with Crippen molar-refractivity contribution >= 4 is 26.6 Å². The topological polar surface area (TPSA) is 72.4 Å². The second kappa shape index (κ2) is 5.14. The molecule has 6 nitrogen and oxygen atoms in total. The molecule has 1 saturated heterocycles. The van der Waals surface area contributed by atoms with Crippen molar-refractivity contribution in [3.63, 3.8) is 0 Å². The predicted octanol–water partition coefficient (Wildman–Crippen LogP) is 1.26. The van der Waals surface area contributed by atoms with Gasteiger partial charge in [0.15, 0.2) is 9.84 Å². The highest BCUT2D eigenvalue weighted by Gasteiger charge is 2.37. The summed E-state index contributed by atoms with van der Waals surface area (Å²) in [5, 5.41) is 0.525. The van der Waals surface area contributed by atoms with Gasteiger partial charge in [0, 0.05) is 18.8 Å². The minimum atomic E-state index is -2.99. The summed E-state index contributed by atoms with van der Waals surface area (Å²) in [5.41, 5.74) is 0.793. The number of ether oxygens (including phenoxy) is 1. The van der Waals surface area contributed by atoms with Crippen molar-refractivity contribution in [3.05, 3.63) is 24.5 Å². The summed E-state index contributed by atoms with van der Waals surface area (Å²) in [6.45, 7) is 2.63. The quantitative estimate of drug-likeness (QED) is 0.847. The molecule has 0 radical (unpaired) electrons. The Labute approximate surface area is 123 Å². The molecule has 0 amide bonds. The van der Waals surface area contributed by atoms with Crippen molar-refractivity contribution in [1.29, 1.82) is 0 Å². The summed E-state index contributed by atoms with van der Waals surface area (Å²) in [6.07, 6.45) is 1.50. The van der Waals surface area contributed by atoms with E-state index in [0.29, 0.717) is 18.8 Å². The van der Waals surface area contributed by atoms with Gasteiger partial charge in [0.05, 0.1) is 23.3 Å². The molecule has 0 spiro atoms. The molecular formula is C14H17N3O3S. The maximum absolute atomic E-state index is 11.9. The molecule has 1 aliphatic rings. The van der Waals surface area contributed by atoms with Gasteiger partial charge in [-0.15, -0.1) is 0 Å². The molecule has 0 N–H and O–H groups in total. The Kier molecular flexibility index (Phi) is 3.44. The number of sulfone groups is 1. The number of aromatic nitrogens is 2. The molecule has 1 aliphatic heterocycles. The van der Waals surface area contributed by atoms with Crippen molar-refractivity contribution in [2.75, 3.05) is 30.9 Å². The second-order valence-corrected chi connectivity index (χ2v) is 7.60. The number of anilines is 1. The van der Waals surface area contributed by atoms with Gasteiger partial charge in [-0.05, 0) is 12.1 Å². The van der Waals surface area contributed by atoms with Gasteiger partial charge in [0.2, 0.25) is 0 Å². The van der Waals surface area contributed by atoms with Crippen LogP contribution in [-0.4, -0.2) is 49.6 Å². The minimum absolute atomic E-state index is 0.180. The standard InChI is InChI=1S/C14H17N3O3S/c1-3-21(18,19)10-7-17(8-10)14-13-11(15-9-16-14)5-4-6-12(13)20-2/h4-6,9-10H,3,7-8H2,1-2H3. The van der Waals surface area contributed by atoms with E-state index < -0.39 is 9.84 Å². The summed E-state index contributed by atoms with van der Waals surface area (Å²) >= 11 is 0. The smallest absolute Gasteiger partial charge is 0.156 e. The molecule has 21 heavy (non-hydrogen) atoms. The van der Waals surface area contributed by atoms with E-state index in [4.69, 9.17) is 4.74 Å². The molecule has 2 aromatic rings. The highest BCUT2D eigenvalue weighted by atomic mass is 32.2. The lowest BCUT2D eigenvalue weighted by Gasteiger charge is -2.39. The monoisotopic (exact) mass is 307 g/mol. The number of hydrogen-bond donors (Lipinski definition) is 0. The van der Waals surface area contributed by atoms with Crippen LogP contribution in [0.2, 0.25) is 0 Å². The average Bonchev–Trinajstić information content (AvgIpc) is 2.45. The van der Waals surface area contributed by atoms with Crippen molar-refractivity contribution < 1.29 is 13.2 Å². The lowest BCUT2D eigenvalue weighted by atomic mass is 10.1. The number of hydrogen-bond acceptors (Lipinski definition) is 6. The number of rotatable bonds is 4. The first kappa shape index (κ1) is 14.1. The third kappa shape index (κ3) is 2.31. The summed E-state index contributed by atoms with van der Waals surface area (Å²) in [5.74, 6) is 1.62. The normalized spacial score (nSPS) is 16.0. The average molecular weight is 307 g/mol. The Morgan fingerprint density at radius 1 is 1.33 bits per heavy atom. The third-order valence-electron chi connectivity index (χ3n) is 3.88. The lowest BCUT2D eigenvalue weighted by Crippen LogP contribution is -2.55. The van der Waals surface area contributed by atoms with E-state index in [2.05, 4.69) is 9.97 Å².